The van der Waals surface area contributed by atoms with E-state index in [-0.39, 0.29) is 0 Å². The first kappa shape index (κ1) is 19.3. The number of rotatable bonds is 4. The molecule has 140 valence electrons. The van der Waals surface area contributed by atoms with Gasteiger partial charge in [0.2, 0.25) is 0 Å². The topological polar surface area (TPSA) is 81.1 Å². The molecule has 0 radical (unpaired) electrons. The molecule has 3 rings (SSSR count). The van der Waals surface area contributed by atoms with E-state index in [2.05, 4.69) is 15.4 Å². The number of anilines is 1. The molecule has 2 heterocycles. The first-order valence-corrected chi connectivity index (χ1v) is 9.41. The average Bonchev–Trinajstić information content (AvgIpc) is 2.88. The molecular weight excluding hydrogens is 382 g/mol. The van der Waals surface area contributed by atoms with Gasteiger partial charge in [0, 0.05) is 23.6 Å². The van der Waals surface area contributed by atoms with Gasteiger partial charge in [0.05, 0.1) is 11.0 Å². The molecule has 0 saturated carbocycles. The standard InChI is InChI=1S/C18H19N5O2S2/c1-18(2)15(23(25)16(24)21-14-8-4-3-5-9-14)22(17(26)27-18)20-12-13-7-6-10-19-11-13/h3-12,15,25H,1-2H3,(H,21,24)/b20-12-/t15-/m1/s1. The van der Waals surface area contributed by atoms with Crippen LogP contribution in [0.4, 0.5) is 10.5 Å². The molecule has 1 aromatic heterocycles. The van der Waals surface area contributed by atoms with Crippen LogP contribution in [0.25, 0.3) is 0 Å². The smallest absolute Gasteiger partial charge is 0.306 e. The van der Waals surface area contributed by atoms with Crippen LogP contribution >= 0.6 is 24.0 Å². The van der Waals surface area contributed by atoms with Gasteiger partial charge in [-0.25, -0.2) is 9.80 Å². The van der Waals surface area contributed by atoms with Gasteiger partial charge in [0.25, 0.3) is 0 Å². The highest BCUT2D eigenvalue weighted by Crippen LogP contribution is 2.42. The maximum Gasteiger partial charge on any atom is 0.347 e. The number of carbonyl (C=O) groups is 1. The van der Waals surface area contributed by atoms with Gasteiger partial charge < -0.3 is 5.32 Å². The summed E-state index contributed by atoms with van der Waals surface area (Å²) in [4.78, 5) is 16.6. The predicted octanol–water partition coefficient (Wildman–Crippen LogP) is 3.78. The van der Waals surface area contributed by atoms with Crippen LogP contribution < -0.4 is 5.32 Å². The monoisotopic (exact) mass is 401 g/mol. The van der Waals surface area contributed by atoms with Gasteiger partial charge in [-0.15, -0.1) is 0 Å². The van der Waals surface area contributed by atoms with E-state index < -0.39 is 16.9 Å². The van der Waals surface area contributed by atoms with E-state index in [0.717, 1.165) is 5.56 Å². The van der Waals surface area contributed by atoms with E-state index in [1.54, 1.807) is 48.9 Å². The number of para-hydroxylation sites is 1. The Labute approximate surface area is 167 Å². The van der Waals surface area contributed by atoms with Crippen molar-refractivity contribution in [2.45, 2.75) is 24.8 Å². The van der Waals surface area contributed by atoms with Crippen molar-refractivity contribution < 1.29 is 10.0 Å². The Morgan fingerprint density at radius 1 is 1.37 bits per heavy atom. The molecule has 1 aromatic carbocycles. The summed E-state index contributed by atoms with van der Waals surface area (Å²) in [7, 11) is 0. The number of thioether (sulfide) groups is 1. The van der Waals surface area contributed by atoms with Crippen LogP contribution in [0.1, 0.15) is 19.4 Å². The van der Waals surface area contributed by atoms with Crippen LogP contribution in [0.15, 0.2) is 60.0 Å². The van der Waals surface area contributed by atoms with Crippen molar-refractivity contribution in [2.24, 2.45) is 5.10 Å². The van der Waals surface area contributed by atoms with E-state index in [1.165, 1.54) is 16.8 Å². The van der Waals surface area contributed by atoms with Gasteiger partial charge in [0.15, 0.2) is 10.5 Å². The van der Waals surface area contributed by atoms with Crippen molar-refractivity contribution in [3.63, 3.8) is 0 Å². The summed E-state index contributed by atoms with van der Waals surface area (Å²) in [6, 6.07) is 11.9. The van der Waals surface area contributed by atoms with Crippen molar-refractivity contribution in [3.8, 4) is 0 Å². The maximum absolute atomic E-state index is 12.5. The fraction of sp³-hybridized carbons (Fsp3) is 0.222. The lowest BCUT2D eigenvalue weighted by Gasteiger charge is -2.34. The summed E-state index contributed by atoms with van der Waals surface area (Å²) in [6.45, 7) is 3.79. The second-order valence-electron chi connectivity index (χ2n) is 6.36. The number of urea groups is 1. The molecule has 0 unspecified atom stereocenters. The highest BCUT2D eigenvalue weighted by molar-refractivity contribution is 8.24. The first-order valence-electron chi connectivity index (χ1n) is 8.19. The molecule has 1 aliphatic rings. The zero-order valence-corrected chi connectivity index (χ0v) is 16.4. The van der Waals surface area contributed by atoms with Gasteiger partial charge in [-0.3, -0.25) is 10.2 Å². The molecule has 1 saturated heterocycles. The molecule has 2 aromatic rings. The zero-order valence-electron chi connectivity index (χ0n) is 14.8. The Hall–Kier alpha value is -2.49. The molecule has 1 fully saturated rings. The Kier molecular flexibility index (Phi) is 5.73. The zero-order chi connectivity index (χ0) is 19.4. The molecule has 2 N–H and O–H groups in total. The van der Waals surface area contributed by atoms with Crippen LogP contribution in [0, 0.1) is 0 Å². The number of carbonyl (C=O) groups excluding carboxylic acids is 1. The lowest BCUT2D eigenvalue weighted by Crippen LogP contribution is -2.54. The number of hydrazone groups is 1. The highest BCUT2D eigenvalue weighted by Gasteiger charge is 2.50. The Morgan fingerprint density at radius 3 is 2.78 bits per heavy atom. The van der Waals surface area contributed by atoms with Crippen LogP contribution in [0.2, 0.25) is 0 Å². The summed E-state index contributed by atoms with van der Waals surface area (Å²) in [5.74, 6) is 0. The van der Waals surface area contributed by atoms with Crippen molar-refractivity contribution in [2.75, 3.05) is 5.32 Å². The van der Waals surface area contributed by atoms with Crippen molar-refractivity contribution >= 4 is 46.2 Å². The highest BCUT2D eigenvalue weighted by atomic mass is 32.2. The molecule has 0 bridgehead atoms. The molecule has 1 aliphatic heterocycles. The van der Waals surface area contributed by atoms with Crippen LogP contribution in [0.3, 0.4) is 0 Å². The van der Waals surface area contributed by atoms with Gasteiger partial charge in [-0.2, -0.15) is 10.2 Å². The van der Waals surface area contributed by atoms with E-state index >= 15 is 0 Å². The molecule has 27 heavy (non-hydrogen) atoms. The van der Waals surface area contributed by atoms with Crippen LogP contribution in [0.5, 0.6) is 0 Å². The number of hydroxylamine groups is 2. The van der Waals surface area contributed by atoms with Gasteiger partial charge in [0.1, 0.15) is 0 Å². The molecule has 1 atom stereocenters. The van der Waals surface area contributed by atoms with Crippen molar-refractivity contribution in [3.05, 3.63) is 60.4 Å². The van der Waals surface area contributed by atoms with Crippen molar-refractivity contribution in [1.29, 1.82) is 0 Å². The number of aromatic nitrogens is 1. The molecule has 0 spiro atoms. The summed E-state index contributed by atoms with van der Waals surface area (Å²) in [5.41, 5.74) is 1.37. The number of pyridine rings is 1. The molecule has 9 heteroatoms. The first-order chi connectivity index (χ1) is 12.9. The third-order valence-corrected chi connectivity index (χ3v) is 5.41. The molecule has 0 aliphatic carbocycles. The fourth-order valence-corrected chi connectivity index (χ4v) is 4.41. The summed E-state index contributed by atoms with van der Waals surface area (Å²) < 4.78 is -0.0942. The number of thiocarbonyl (C=S) groups is 1. The van der Waals surface area contributed by atoms with E-state index in [9.17, 15) is 10.0 Å². The second kappa shape index (κ2) is 8.03. The summed E-state index contributed by atoms with van der Waals surface area (Å²) >= 11 is 6.78. The lowest BCUT2D eigenvalue weighted by molar-refractivity contribution is -0.114. The van der Waals surface area contributed by atoms with Gasteiger partial charge in [-0.1, -0.05) is 48.2 Å². The van der Waals surface area contributed by atoms with E-state index in [0.29, 0.717) is 15.1 Å². The van der Waals surface area contributed by atoms with Crippen molar-refractivity contribution in [1.82, 2.24) is 15.1 Å². The number of benzene rings is 1. The maximum atomic E-state index is 12.5. The van der Waals surface area contributed by atoms with Crippen LogP contribution in [-0.2, 0) is 0 Å². The third-order valence-electron chi connectivity index (χ3n) is 3.87. The minimum atomic E-state index is -0.772. The number of hydrogen-bond acceptors (Lipinski definition) is 6. The number of nitrogens with one attached hydrogen (secondary N) is 1. The Bertz CT molecular complexity index is 845. The Morgan fingerprint density at radius 2 is 2.11 bits per heavy atom. The molecular formula is C18H19N5O2S2. The minimum absolute atomic E-state index is 0.469. The second-order valence-corrected chi connectivity index (χ2v) is 8.65. The van der Waals surface area contributed by atoms with Crippen LogP contribution in [-0.4, -0.2) is 47.7 Å². The Balaban J connectivity index is 1.81. The van der Waals surface area contributed by atoms with Gasteiger partial charge >= 0.3 is 6.03 Å². The quantitative estimate of drug-likeness (QED) is 0.351. The number of amides is 2. The normalized spacial score (nSPS) is 18.7. The summed E-state index contributed by atoms with van der Waals surface area (Å²) in [6.07, 6.45) is 4.15. The lowest BCUT2D eigenvalue weighted by atomic mass is 10.1. The molecule has 2 amide bonds. The molecule has 7 nitrogen and oxygen atoms in total. The minimum Gasteiger partial charge on any atom is -0.306 e. The predicted molar refractivity (Wildman–Crippen MR) is 111 cm³/mol. The SMILES string of the molecule is CC1(C)SC(=S)N(/N=C\c2cccnc2)[C@@H]1N(O)C(=O)Nc1ccccc1. The fourth-order valence-electron chi connectivity index (χ4n) is 2.62. The van der Waals surface area contributed by atoms with E-state index in [4.69, 9.17) is 12.2 Å². The number of nitrogens with zero attached hydrogens (tertiary/aromatic N) is 4. The summed E-state index contributed by atoms with van der Waals surface area (Å²) in [5, 5.41) is 19.8. The van der Waals surface area contributed by atoms with Gasteiger partial charge in [-0.05, 0) is 32.0 Å². The van der Waals surface area contributed by atoms with E-state index in [1.807, 2.05) is 26.0 Å². The largest absolute Gasteiger partial charge is 0.347 e. The number of hydrogen-bond donors (Lipinski definition) is 2. The third kappa shape index (κ3) is 4.44. The average molecular weight is 402 g/mol.